The lowest BCUT2D eigenvalue weighted by Gasteiger charge is -2.22. The summed E-state index contributed by atoms with van der Waals surface area (Å²) >= 11 is 1.27. The highest BCUT2D eigenvalue weighted by molar-refractivity contribution is 7.13. The summed E-state index contributed by atoms with van der Waals surface area (Å²) in [6, 6.07) is 8.62. The maximum atomic E-state index is 13.3. The molecule has 0 aliphatic rings. The number of rotatable bonds is 9. The number of halogens is 1. The molecule has 0 saturated carbocycles. The largest absolute Gasteiger partial charge is 0.467 e. The fraction of sp³-hybridized carbons (Fsp3) is 0.200. The maximum Gasteiger partial charge on any atom is 0.240 e. The Balaban J connectivity index is 1.60. The summed E-state index contributed by atoms with van der Waals surface area (Å²) < 4.78 is 18.4. The van der Waals surface area contributed by atoms with Crippen LogP contribution in [0.4, 0.5) is 15.2 Å². The third-order valence-electron chi connectivity index (χ3n) is 4.03. The van der Waals surface area contributed by atoms with Gasteiger partial charge in [0.1, 0.15) is 18.1 Å². The maximum absolute atomic E-state index is 13.3. The van der Waals surface area contributed by atoms with E-state index in [0.717, 1.165) is 0 Å². The lowest BCUT2D eigenvalue weighted by molar-refractivity contribution is -0.125. The highest BCUT2D eigenvalue weighted by Gasteiger charge is 2.20. The molecule has 0 aliphatic heterocycles. The van der Waals surface area contributed by atoms with Crippen LogP contribution in [0.15, 0.2) is 58.7 Å². The van der Waals surface area contributed by atoms with Crippen molar-refractivity contribution in [3.05, 3.63) is 65.8 Å². The molecule has 0 radical (unpaired) electrons. The van der Waals surface area contributed by atoms with Crippen LogP contribution in [0.2, 0.25) is 0 Å². The van der Waals surface area contributed by atoms with E-state index >= 15 is 0 Å². The first kappa shape index (κ1) is 21.2. The van der Waals surface area contributed by atoms with E-state index in [4.69, 9.17) is 4.42 Å². The van der Waals surface area contributed by atoms with Gasteiger partial charge in [-0.15, -0.1) is 11.3 Å². The van der Waals surface area contributed by atoms with E-state index in [1.54, 1.807) is 23.7 Å². The summed E-state index contributed by atoms with van der Waals surface area (Å²) in [7, 11) is 0. The van der Waals surface area contributed by atoms with Crippen LogP contribution in [-0.2, 0) is 20.9 Å². The van der Waals surface area contributed by atoms with E-state index in [0.29, 0.717) is 16.6 Å². The molecule has 0 atom stereocenters. The van der Waals surface area contributed by atoms with E-state index in [2.05, 4.69) is 15.6 Å². The minimum absolute atomic E-state index is 0.0792. The number of thiazole rings is 1. The predicted octanol–water partition coefficient (Wildman–Crippen LogP) is 2.94. The van der Waals surface area contributed by atoms with Gasteiger partial charge in [-0.3, -0.25) is 14.4 Å². The number of nitrogens with zero attached hydrogens (tertiary/aromatic N) is 2. The molecule has 10 heteroatoms. The first-order chi connectivity index (χ1) is 14.5. The van der Waals surface area contributed by atoms with E-state index in [9.17, 15) is 18.8 Å². The van der Waals surface area contributed by atoms with Crippen LogP contribution in [0.25, 0.3) is 0 Å². The highest BCUT2D eigenvalue weighted by Crippen LogP contribution is 2.17. The molecule has 1 aromatic carbocycles. The molecule has 0 unspecified atom stereocenters. The summed E-state index contributed by atoms with van der Waals surface area (Å²) in [4.78, 5) is 42.3. The molecule has 156 valence electrons. The highest BCUT2D eigenvalue weighted by atomic mass is 32.1. The van der Waals surface area contributed by atoms with E-state index in [1.165, 1.54) is 46.8 Å². The van der Waals surface area contributed by atoms with Crippen LogP contribution in [0.3, 0.4) is 0 Å². The fourth-order valence-electron chi connectivity index (χ4n) is 2.57. The average Bonchev–Trinajstić information content (AvgIpc) is 3.44. The Labute approximate surface area is 175 Å². The Hall–Kier alpha value is -3.53. The first-order valence-electron chi connectivity index (χ1n) is 9.05. The van der Waals surface area contributed by atoms with Gasteiger partial charge in [0.25, 0.3) is 0 Å². The minimum Gasteiger partial charge on any atom is -0.467 e. The summed E-state index contributed by atoms with van der Waals surface area (Å²) in [6.07, 6.45) is 2.85. The van der Waals surface area contributed by atoms with Crippen molar-refractivity contribution in [1.29, 1.82) is 0 Å². The number of carbonyl (C=O) groups is 3. The predicted molar refractivity (Wildman–Crippen MR) is 109 cm³/mol. The monoisotopic (exact) mass is 430 g/mol. The van der Waals surface area contributed by atoms with Gasteiger partial charge in [-0.1, -0.05) is 0 Å². The lowest BCUT2D eigenvalue weighted by atomic mass is 10.2. The van der Waals surface area contributed by atoms with Gasteiger partial charge in [0, 0.05) is 30.1 Å². The van der Waals surface area contributed by atoms with Gasteiger partial charge in [-0.25, -0.2) is 9.37 Å². The molecular weight excluding hydrogens is 411 g/mol. The van der Waals surface area contributed by atoms with Crippen molar-refractivity contribution in [3.63, 3.8) is 0 Å². The molecule has 2 heterocycles. The topological polar surface area (TPSA) is 105 Å². The fourth-order valence-corrected chi connectivity index (χ4v) is 3.11. The van der Waals surface area contributed by atoms with Crippen molar-refractivity contribution in [1.82, 2.24) is 10.3 Å². The molecule has 2 N–H and O–H groups in total. The van der Waals surface area contributed by atoms with Crippen LogP contribution in [0, 0.1) is 5.82 Å². The Morgan fingerprint density at radius 3 is 2.57 bits per heavy atom. The number of aromatic nitrogens is 1. The van der Waals surface area contributed by atoms with Crippen LogP contribution in [-0.4, -0.2) is 29.3 Å². The Morgan fingerprint density at radius 1 is 1.10 bits per heavy atom. The summed E-state index contributed by atoms with van der Waals surface area (Å²) in [6.45, 7) is -0.104. The molecule has 8 nitrogen and oxygen atoms in total. The van der Waals surface area contributed by atoms with Crippen LogP contribution in [0.5, 0.6) is 0 Å². The van der Waals surface area contributed by atoms with Crippen molar-refractivity contribution in [2.24, 2.45) is 0 Å². The molecular formula is C20H19FN4O4S. The van der Waals surface area contributed by atoms with Crippen LogP contribution >= 0.6 is 11.3 Å². The van der Waals surface area contributed by atoms with Crippen molar-refractivity contribution in [3.8, 4) is 0 Å². The zero-order valence-electron chi connectivity index (χ0n) is 15.8. The van der Waals surface area contributed by atoms with E-state index in [-0.39, 0.29) is 31.8 Å². The molecule has 3 rings (SSSR count). The number of benzene rings is 1. The van der Waals surface area contributed by atoms with Crippen molar-refractivity contribution in [2.75, 3.05) is 16.8 Å². The van der Waals surface area contributed by atoms with Gasteiger partial charge >= 0.3 is 0 Å². The SMILES string of the molecule is O=C(CN(C(=O)CCC(=O)Nc1nccs1)c1ccc(F)cc1)NCc1ccco1. The summed E-state index contributed by atoms with van der Waals surface area (Å²) in [5.41, 5.74) is 0.356. The summed E-state index contributed by atoms with van der Waals surface area (Å²) in [5, 5.41) is 7.42. The van der Waals surface area contributed by atoms with Gasteiger partial charge in [0.2, 0.25) is 17.7 Å². The van der Waals surface area contributed by atoms with Crippen molar-refractivity contribution < 1.29 is 23.2 Å². The normalized spacial score (nSPS) is 10.4. The van der Waals surface area contributed by atoms with Crippen molar-refractivity contribution in [2.45, 2.75) is 19.4 Å². The minimum atomic E-state index is -0.462. The molecule has 0 spiro atoms. The first-order valence-corrected chi connectivity index (χ1v) is 9.93. The summed E-state index contributed by atoms with van der Waals surface area (Å²) in [5.74, 6) is -1.11. The molecule has 3 aromatic rings. The van der Waals surface area contributed by atoms with E-state index in [1.807, 2.05) is 0 Å². The second kappa shape index (κ2) is 10.3. The van der Waals surface area contributed by atoms with Crippen LogP contribution < -0.4 is 15.5 Å². The number of amides is 3. The standard InChI is InChI=1S/C20H19FN4O4S/c21-14-3-5-15(6-4-14)25(13-18(27)23-12-16-2-1-10-29-16)19(28)8-7-17(26)24-20-22-9-11-30-20/h1-6,9-11H,7-8,12-13H2,(H,23,27)(H,22,24,26). The number of hydrogen-bond acceptors (Lipinski definition) is 6. The third-order valence-corrected chi connectivity index (χ3v) is 4.71. The second-order valence-electron chi connectivity index (χ2n) is 6.20. The molecule has 0 saturated heterocycles. The number of furan rings is 1. The van der Waals surface area contributed by atoms with Crippen molar-refractivity contribution >= 4 is 39.9 Å². The quantitative estimate of drug-likeness (QED) is 0.543. The molecule has 2 aromatic heterocycles. The number of nitrogens with one attached hydrogen (secondary N) is 2. The lowest BCUT2D eigenvalue weighted by Crippen LogP contribution is -2.41. The van der Waals surface area contributed by atoms with Crippen LogP contribution in [0.1, 0.15) is 18.6 Å². The number of carbonyl (C=O) groups excluding carboxylic acids is 3. The van der Waals surface area contributed by atoms with E-state index < -0.39 is 17.6 Å². The number of anilines is 2. The molecule has 0 aliphatic carbocycles. The zero-order chi connectivity index (χ0) is 21.3. The van der Waals surface area contributed by atoms with Gasteiger partial charge < -0.3 is 20.0 Å². The van der Waals surface area contributed by atoms with Gasteiger partial charge in [0.05, 0.1) is 12.8 Å². The molecule has 3 amide bonds. The Morgan fingerprint density at radius 2 is 1.90 bits per heavy atom. The van der Waals surface area contributed by atoms with Gasteiger partial charge in [-0.05, 0) is 36.4 Å². The second-order valence-corrected chi connectivity index (χ2v) is 7.09. The molecule has 0 bridgehead atoms. The van der Waals surface area contributed by atoms with Gasteiger partial charge in [-0.2, -0.15) is 0 Å². The smallest absolute Gasteiger partial charge is 0.240 e. The third kappa shape index (κ3) is 6.24. The molecule has 0 fully saturated rings. The number of hydrogen-bond donors (Lipinski definition) is 2. The Kier molecular flexibility index (Phi) is 7.28. The Bertz CT molecular complexity index is 975. The zero-order valence-corrected chi connectivity index (χ0v) is 16.7. The average molecular weight is 430 g/mol. The van der Waals surface area contributed by atoms with Gasteiger partial charge in [0.15, 0.2) is 5.13 Å². The molecule has 30 heavy (non-hydrogen) atoms.